The average Bonchev–Trinajstić information content (AvgIpc) is 2.53. The normalized spacial score (nSPS) is 15.4. The number of rotatable bonds is 9. The fourth-order valence-corrected chi connectivity index (χ4v) is 3.73. The van der Waals surface area contributed by atoms with E-state index in [1.165, 1.54) is 6.92 Å². The number of carbonyl (C=O) groups excluding carboxylic acids is 1. The van der Waals surface area contributed by atoms with Crippen LogP contribution in [0.25, 0.3) is 0 Å². The molecule has 2 atom stereocenters. The van der Waals surface area contributed by atoms with Gasteiger partial charge in [0, 0.05) is 5.56 Å². The van der Waals surface area contributed by atoms with E-state index in [0.717, 1.165) is 0 Å². The third-order valence-corrected chi connectivity index (χ3v) is 9.65. The third kappa shape index (κ3) is 6.17. The molecule has 156 valence electrons. The van der Waals surface area contributed by atoms with E-state index in [4.69, 9.17) is 9.16 Å². The summed E-state index contributed by atoms with van der Waals surface area (Å²) in [5, 5.41) is 18.6. The number of carboxylic acid groups (broad SMARTS) is 2. The lowest BCUT2D eigenvalue weighted by Crippen LogP contribution is -2.45. The van der Waals surface area contributed by atoms with Crippen molar-refractivity contribution >= 4 is 26.2 Å². The van der Waals surface area contributed by atoms with E-state index in [1.807, 2.05) is 33.9 Å². The van der Waals surface area contributed by atoms with E-state index < -0.39 is 37.9 Å². The van der Waals surface area contributed by atoms with Crippen molar-refractivity contribution in [3.63, 3.8) is 0 Å². The molecule has 0 radical (unpaired) electrons. The molecule has 2 N–H and O–H groups in total. The van der Waals surface area contributed by atoms with E-state index in [0.29, 0.717) is 5.56 Å². The standard InChI is InChI=1S/C20H30O7Si/c1-19(2,3)28(5,6)27-15(12-16(21)22)13-17(23)26-20(4,18(24)25)14-10-8-7-9-11-14/h7-11,15H,12-13H2,1-6H3,(H,21,22)(H,24,25)/t15-,20-/m0/s1. The van der Waals surface area contributed by atoms with E-state index in [-0.39, 0.29) is 17.9 Å². The first kappa shape index (κ1) is 23.8. The lowest BCUT2D eigenvalue weighted by Gasteiger charge is -2.39. The van der Waals surface area contributed by atoms with E-state index in [2.05, 4.69) is 0 Å². The van der Waals surface area contributed by atoms with Gasteiger partial charge in [0.15, 0.2) is 8.32 Å². The first-order valence-electron chi connectivity index (χ1n) is 9.09. The van der Waals surface area contributed by atoms with Crippen molar-refractivity contribution in [2.75, 3.05) is 0 Å². The summed E-state index contributed by atoms with van der Waals surface area (Å²) in [5.41, 5.74) is -1.56. The predicted molar refractivity (Wildman–Crippen MR) is 106 cm³/mol. The van der Waals surface area contributed by atoms with Crippen LogP contribution in [0.4, 0.5) is 0 Å². The van der Waals surface area contributed by atoms with Crippen molar-refractivity contribution in [3.8, 4) is 0 Å². The minimum Gasteiger partial charge on any atom is -0.481 e. The van der Waals surface area contributed by atoms with E-state index in [1.54, 1.807) is 30.3 Å². The number of aliphatic carboxylic acids is 2. The van der Waals surface area contributed by atoms with Gasteiger partial charge < -0.3 is 19.4 Å². The molecule has 1 aromatic rings. The van der Waals surface area contributed by atoms with Crippen LogP contribution in [-0.4, -0.2) is 42.5 Å². The molecule has 0 bridgehead atoms. The maximum Gasteiger partial charge on any atom is 0.352 e. The van der Waals surface area contributed by atoms with Gasteiger partial charge in [-0.3, -0.25) is 9.59 Å². The van der Waals surface area contributed by atoms with Crippen LogP contribution in [0.5, 0.6) is 0 Å². The monoisotopic (exact) mass is 410 g/mol. The lowest BCUT2D eigenvalue weighted by molar-refractivity contribution is -0.179. The molecule has 0 amide bonds. The van der Waals surface area contributed by atoms with Gasteiger partial charge >= 0.3 is 17.9 Å². The zero-order valence-electron chi connectivity index (χ0n) is 17.3. The topological polar surface area (TPSA) is 110 Å². The van der Waals surface area contributed by atoms with Crippen molar-refractivity contribution in [2.45, 2.75) is 70.4 Å². The maximum atomic E-state index is 12.5. The van der Waals surface area contributed by atoms with Crippen molar-refractivity contribution < 1.29 is 33.8 Å². The molecule has 1 rings (SSSR count). The van der Waals surface area contributed by atoms with Crippen LogP contribution in [0.2, 0.25) is 18.1 Å². The molecule has 28 heavy (non-hydrogen) atoms. The summed E-state index contributed by atoms with van der Waals surface area (Å²) in [6.07, 6.45) is -1.59. The summed E-state index contributed by atoms with van der Waals surface area (Å²) in [5.74, 6) is -3.23. The Bertz CT molecular complexity index is 709. The van der Waals surface area contributed by atoms with Crippen molar-refractivity contribution in [3.05, 3.63) is 35.9 Å². The number of benzene rings is 1. The van der Waals surface area contributed by atoms with Gasteiger partial charge in [0.1, 0.15) is 0 Å². The van der Waals surface area contributed by atoms with Gasteiger partial charge in [0.25, 0.3) is 0 Å². The molecule has 1 aromatic carbocycles. The van der Waals surface area contributed by atoms with Crippen molar-refractivity contribution in [1.29, 1.82) is 0 Å². The number of carboxylic acids is 2. The first-order valence-corrected chi connectivity index (χ1v) is 12.0. The molecular weight excluding hydrogens is 380 g/mol. The van der Waals surface area contributed by atoms with Gasteiger partial charge in [0.05, 0.1) is 18.9 Å². The van der Waals surface area contributed by atoms with Gasteiger partial charge in [-0.25, -0.2) is 4.79 Å². The van der Waals surface area contributed by atoms with Crippen LogP contribution >= 0.6 is 0 Å². The zero-order chi connectivity index (χ0) is 21.8. The molecule has 8 heteroatoms. The highest BCUT2D eigenvalue weighted by Gasteiger charge is 2.42. The van der Waals surface area contributed by atoms with Crippen LogP contribution in [0.3, 0.4) is 0 Å². The fourth-order valence-electron chi connectivity index (χ4n) is 2.38. The van der Waals surface area contributed by atoms with Crippen molar-refractivity contribution in [2.24, 2.45) is 0 Å². The summed E-state index contributed by atoms with van der Waals surface area (Å²) in [7, 11) is -2.33. The lowest BCUT2D eigenvalue weighted by atomic mass is 9.96. The zero-order valence-corrected chi connectivity index (χ0v) is 18.3. The summed E-state index contributed by atoms with van der Waals surface area (Å²) in [6.45, 7) is 11.2. The van der Waals surface area contributed by atoms with Crippen LogP contribution in [0, 0.1) is 0 Å². The van der Waals surface area contributed by atoms with E-state index >= 15 is 0 Å². The maximum absolute atomic E-state index is 12.5. The fraction of sp³-hybridized carbons (Fsp3) is 0.550. The highest BCUT2D eigenvalue weighted by molar-refractivity contribution is 6.74. The molecule has 0 aromatic heterocycles. The summed E-state index contributed by atoms with van der Waals surface area (Å²) < 4.78 is 11.4. The van der Waals surface area contributed by atoms with Crippen LogP contribution in [0.15, 0.2) is 30.3 Å². The quantitative estimate of drug-likeness (QED) is 0.471. The van der Waals surface area contributed by atoms with Crippen molar-refractivity contribution in [1.82, 2.24) is 0 Å². The molecular formula is C20H30O7Si. The Labute approximate surface area is 166 Å². The second-order valence-corrected chi connectivity index (χ2v) is 13.2. The predicted octanol–water partition coefficient (Wildman–Crippen LogP) is 3.78. The molecule has 0 aliphatic carbocycles. The number of hydrogen-bond acceptors (Lipinski definition) is 5. The molecule has 0 aliphatic heterocycles. The van der Waals surface area contributed by atoms with Crippen LogP contribution in [-0.2, 0) is 29.1 Å². The molecule has 7 nitrogen and oxygen atoms in total. The molecule has 0 heterocycles. The minimum absolute atomic E-state index is 0.173. The highest BCUT2D eigenvalue weighted by atomic mass is 28.4. The summed E-state index contributed by atoms with van der Waals surface area (Å²) in [4.78, 5) is 35.5. The summed E-state index contributed by atoms with van der Waals surface area (Å²) >= 11 is 0. The number of ether oxygens (including phenoxy) is 1. The molecule has 0 spiro atoms. The van der Waals surface area contributed by atoms with Gasteiger partial charge in [-0.2, -0.15) is 0 Å². The molecule has 0 saturated carbocycles. The Balaban J connectivity index is 3.01. The van der Waals surface area contributed by atoms with Gasteiger partial charge in [-0.15, -0.1) is 0 Å². The van der Waals surface area contributed by atoms with Gasteiger partial charge in [-0.1, -0.05) is 51.1 Å². The molecule has 0 saturated heterocycles. The van der Waals surface area contributed by atoms with Gasteiger partial charge in [-0.05, 0) is 25.1 Å². The molecule has 0 aliphatic rings. The average molecular weight is 411 g/mol. The van der Waals surface area contributed by atoms with Gasteiger partial charge in [0.2, 0.25) is 5.60 Å². The Kier molecular flexibility index (Phi) is 7.56. The Hall–Kier alpha value is -2.19. The number of carbonyl (C=O) groups is 3. The van der Waals surface area contributed by atoms with Crippen LogP contribution in [0.1, 0.15) is 46.1 Å². The number of hydrogen-bond donors (Lipinski definition) is 2. The SMILES string of the molecule is CC(C)(C)[Si](C)(C)O[C@@H](CC(=O)O)CC(=O)O[C@](C)(C(=O)O)c1ccccc1. The van der Waals surface area contributed by atoms with E-state index in [9.17, 15) is 24.6 Å². The Morgan fingerprint density at radius 3 is 1.96 bits per heavy atom. The second kappa shape index (κ2) is 8.87. The third-order valence-electron chi connectivity index (χ3n) is 5.11. The molecule has 0 unspecified atom stereocenters. The Morgan fingerprint density at radius 1 is 1.00 bits per heavy atom. The minimum atomic E-state index is -2.33. The first-order chi connectivity index (χ1) is 12.7. The Morgan fingerprint density at radius 2 is 1.54 bits per heavy atom. The smallest absolute Gasteiger partial charge is 0.352 e. The van der Waals surface area contributed by atoms with Crippen LogP contribution < -0.4 is 0 Å². The largest absolute Gasteiger partial charge is 0.481 e. The summed E-state index contributed by atoms with van der Waals surface area (Å²) in [6, 6.07) is 8.14. The highest BCUT2D eigenvalue weighted by Crippen LogP contribution is 2.38. The number of esters is 1. The molecule has 0 fully saturated rings. The second-order valence-electron chi connectivity index (χ2n) is 8.48.